The highest BCUT2D eigenvalue weighted by Gasteiger charge is 2.15. The zero-order valence-electron chi connectivity index (χ0n) is 18.8. The van der Waals surface area contributed by atoms with Crippen molar-refractivity contribution < 1.29 is 9.53 Å². The van der Waals surface area contributed by atoms with E-state index in [1.165, 1.54) is 0 Å². The quantitative estimate of drug-likeness (QED) is 0.417. The highest BCUT2D eigenvalue weighted by Crippen LogP contribution is 2.27. The SMILES string of the molecule is CC(C)Oc1ccc(C(=O)CNc2cc3cc(-c4cnc5n4CCNC5)ccc3cn2)cc1. The van der Waals surface area contributed by atoms with Crippen LogP contribution in [0, 0.1) is 0 Å². The summed E-state index contributed by atoms with van der Waals surface area (Å²) in [6.45, 7) is 6.79. The minimum absolute atomic E-state index is 0.00115. The van der Waals surface area contributed by atoms with Crippen molar-refractivity contribution in [3.63, 3.8) is 0 Å². The van der Waals surface area contributed by atoms with E-state index in [0.717, 1.165) is 53.2 Å². The van der Waals surface area contributed by atoms with Gasteiger partial charge in [0.05, 0.1) is 31.1 Å². The second kappa shape index (κ2) is 9.03. The third-order valence-electron chi connectivity index (χ3n) is 5.73. The monoisotopic (exact) mass is 441 g/mol. The van der Waals surface area contributed by atoms with Crippen LogP contribution in [-0.2, 0) is 13.1 Å². The lowest BCUT2D eigenvalue weighted by molar-refractivity contribution is 0.101. The molecule has 0 atom stereocenters. The van der Waals surface area contributed by atoms with E-state index in [4.69, 9.17) is 4.74 Å². The fraction of sp³-hybridized carbons (Fsp3) is 0.269. The lowest BCUT2D eigenvalue weighted by Crippen LogP contribution is -2.28. The molecule has 0 saturated heterocycles. The molecule has 0 aliphatic carbocycles. The number of carbonyl (C=O) groups is 1. The van der Waals surface area contributed by atoms with Crippen LogP contribution >= 0.6 is 0 Å². The number of ether oxygens (including phenoxy) is 1. The van der Waals surface area contributed by atoms with Gasteiger partial charge < -0.3 is 19.9 Å². The molecule has 7 nitrogen and oxygen atoms in total. The summed E-state index contributed by atoms with van der Waals surface area (Å²) in [4.78, 5) is 21.6. The van der Waals surface area contributed by atoms with E-state index >= 15 is 0 Å². The lowest BCUT2D eigenvalue weighted by atomic mass is 10.1. The van der Waals surface area contributed by atoms with Gasteiger partial charge in [-0.25, -0.2) is 9.97 Å². The van der Waals surface area contributed by atoms with E-state index in [0.29, 0.717) is 11.4 Å². The lowest BCUT2D eigenvalue weighted by Gasteiger charge is -2.17. The predicted octanol–water partition coefficient (Wildman–Crippen LogP) is 4.28. The summed E-state index contributed by atoms with van der Waals surface area (Å²) in [7, 11) is 0. The van der Waals surface area contributed by atoms with E-state index in [2.05, 4.69) is 43.4 Å². The Labute approximate surface area is 192 Å². The summed E-state index contributed by atoms with van der Waals surface area (Å²) < 4.78 is 7.91. The Kier molecular flexibility index (Phi) is 5.79. The first kappa shape index (κ1) is 21.2. The molecule has 0 radical (unpaired) electrons. The van der Waals surface area contributed by atoms with Crippen molar-refractivity contribution in [3.8, 4) is 17.0 Å². The Morgan fingerprint density at radius 1 is 1.09 bits per heavy atom. The second-order valence-corrected chi connectivity index (χ2v) is 8.49. The number of imidazole rings is 1. The van der Waals surface area contributed by atoms with Crippen LogP contribution in [0.5, 0.6) is 5.75 Å². The number of anilines is 1. The molecule has 3 heterocycles. The number of ketones is 1. The molecule has 4 aromatic rings. The predicted molar refractivity (Wildman–Crippen MR) is 130 cm³/mol. The highest BCUT2D eigenvalue weighted by atomic mass is 16.5. The number of aromatic nitrogens is 3. The summed E-state index contributed by atoms with van der Waals surface area (Å²) in [6.07, 6.45) is 3.88. The first-order chi connectivity index (χ1) is 16.1. The van der Waals surface area contributed by atoms with Crippen molar-refractivity contribution >= 4 is 22.4 Å². The fourth-order valence-corrected chi connectivity index (χ4v) is 4.09. The molecule has 1 aliphatic heterocycles. The molecule has 168 valence electrons. The Bertz CT molecular complexity index is 1290. The van der Waals surface area contributed by atoms with Crippen molar-refractivity contribution in [3.05, 3.63) is 72.3 Å². The van der Waals surface area contributed by atoms with Crippen LogP contribution in [-0.4, -0.2) is 39.5 Å². The van der Waals surface area contributed by atoms with E-state index in [1.807, 2.05) is 44.4 Å². The Morgan fingerprint density at radius 2 is 1.94 bits per heavy atom. The molecule has 2 aromatic carbocycles. The van der Waals surface area contributed by atoms with Crippen molar-refractivity contribution in [2.45, 2.75) is 33.0 Å². The van der Waals surface area contributed by atoms with E-state index in [-0.39, 0.29) is 18.4 Å². The van der Waals surface area contributed by atoms with Gasteiger partial charge in [0.25, 0.3) is 0 Å². The number of pyridine rings is 1. The molecule has 2 aromatic heterocycles. The topological polar surface area (TPSA) is 81.1 Å². The summed E-state index contributed by atoms with van der Waals surface area (Å²) in [5.41, 5.74) is 2.89. The maximum absolute atomic E-state index is 12.6. The van der Waals surface area contributed by atoms with Crippen molar-refractivity contribution in [1.82, 2.24) is 19.9 Å². The molecule has 2 N–H and O–H groups in total. The minimum Gasteiger partial charge on any atom is -0.491 e. The highest BCUT2D eigenvalue weighted by molar-refractivity contribution is 5.99. The van der Waals surface area contributed by atoms with Crippen molar-refractivity contribution in [1.29, 1.82) is 0 Å². The van der Waals surface area contributed by atoms with Gasteiger partial charge in [-0.2, -0.15) is 0 Å². The van der Waals surface area contributed by atoms with Crippen LogP contribution in [0.1, 0.15) is 30.0 Å². The molecule has 0 saturated carbocycles. The Hall–Kier alpha value is -3.71. The molecule has 0 fully saturated rings. The molecule has 0 bridgehead atoms. The first-order valence-corrected chi connectivity index (χ1v) is 11.3. The number of nitrogens with one attached hydrogen (secondary N) is 2. The number of carbonyl (C=O) groups excluding carboxylic acids is 1. The van der Waals surface area contributed by atoms with Gasteiger partial charge in [0.15, 0.2) is 5.78 Å². The number of hydrogen-bond donors (Lipinski definition) is 2. The number of hydrogen-bond acceptors (Lipinski definition) is 6. The van der Waals surface area contributed by atoms with Crippen LogP contribution in [0.3, 0.4) is 0 Å². The number of fused-ring (bicyclic) bond motifs is 2. The van der Waals surface area contributed by atoms with Gasteiger partial charge in [0.1, 0.15) is 17.4 Å². The van der Waals surface area contributed by atoms with Crippen molar-refractivity contribution in [2.24, 2.45) is 0 Å². The molecule has 7 heteroatoms. The van der Waals surface area contributed by atoms with Crippen LogP contribution in [0.15, 0.2) is 60.9 Å². The van der Waals surface area contributed by atoms with Gasteiger partial charge in [-0.05, 0) is 55.6 Å². The smallest absolute Gasteiger partial charge is 0.181 e. The average Bonchev–Trinajstić information content (AvgIpc) is 3.26. The summed E-state index contributed by atoms with van der Waals surface area (Å²) in [5.74, 6) is 2.50. The molecule has 5 rings (SSSR count). The van der Waals surface area contributed by atoms with Crippen LogP contribution in [0.2, 0.25) is 0 Å². The van der Waals surface area contributed by atoms with Crippen molar-refractivity contribution in [2.75, 3.05) is 18.4 Å². The van der Waals surface area contributed by atoms with Gasteiger partial charge in [0, 0.05) is 35.8 Å². The normalized spacial score (nSPS) is 13.2. The molecule has 1 aliphatic rings. The number of rotatable bonds is 7. The summed E-state index contributed by atoms with van der Waals surface area (Å²) in [6, 6.07) is 15.6. The number of Topliss-reactive ketones (excluding diaryl/α,β-unsaturated/α-hetero) is 1. The standard InChI is InChI=1S/C26H27N5O2/c1-17(2)33-22-7-5-18(6-8-22)24(32)15-29-25-12-21-11-19(3-4-20(21)13-28-25)23-14-30-26-16-27-9-10-31(23)26/h3-8,11-14,17,27H,9-10,15-16H2,1-2H3,(H,28,29). The zero-order chi connectivity index (χ0) is 22.8. The van der Waals surface area contributed by atoms with Gasteiger partial charge in [0.2, 0.25) is 0 Å². The van der Waals surface area contributed by atoms with Gasteiger partial charge in [-0.1, -0.05) is 12.1 Å². The maximum atomic E-state index is 12.6. The van der Waals surface area contributed by atoms with Gasteiger partial charge in [-0.3, -0.25) is 4.79 Å². The summed E-state index contributed by atoms with van der Waals surface area (Å²) in [5, 5.41) is 8.64. The van der Waals surface area contributed by atoms with E-state index in [9.17, 15) is 4.79 Å². The molecule has 0 spiro atoms. The molecule has 0 unspecified atom stereocenters. The Morgan fingerprint density at radius 3 is 2.76 bits per heavy atom. The molecule has 0 amide bonds. The van der Waals surface area contributed by atoms with Gasteiger partial charge in [-0.15, -0.1) is 0 Å². The number of benzene rings is 2. The maximum Gasteiger partial charge on any atom is 0.181 e. The second-order valence-electron chi connectivity index (χ2n) is 8.49. The van der Waals surface area contributed by atoms with Crippen LogP contribution in [0.25, 0.3) is 22.0 Å². The molecular formula is C26H27N5O2. The van der Waals surface area contributed by atoms with E-state index in [1.54, 1.807) is 12.1 Å². The number of nitrogens with zero attached hydrogens (tertiary/aromatic N) is 3. The average molecular weight is 442 g/mol. The third-order valence-corrected chi connectivity index (χ3v) is 5.73. The summed E-state index contributed by atoms with van der Waals surface area (Å²) >= 11 is 0. The zero-order valence-corrected chi connectivity index (χ0v) is 18.8. The molecule has 33 heavy (non-hydrogen) atoms. The Balaban J connectivity index is 1.31. The fourth-order valence-electron chi connectivity index (χ4n) is 4.09. The largest absolute Gasteiger partial charge is 0.491 e. The van der Waals surface area contributed by atoms with Gasteiger partial charge >= 0.3 is 0 Å². The first-order valence-electron chi connectivity index (χ1n) is 11.3. The van der Waals surface area contributed by atoms with Crippen LogP contribution in [0.4, 0.5) is 5.82 Å². The minimum atomic E-state index is 0.00115. The van der Waals surface area contributed by atoms with Crippen LogP contribution < -0.4 is 15.4 Å². The third kappa shape index (κ3) is 4.59. The molecular weight excluding hydrogens is 414 g/mol. The van der Waals surface area contributed by atoms with E-state index < -0.39 is 0 Å².